The zero-order valence-corrected chi connectivity index (χ0v) is 18.2. The molecule has 9 heteroatoms. The van der Waals surface area contributed by atoms with Crippen LogP contribution < -0.4 is 0 Å². The van der Waals surface area contributed by atoms with Gasteiger partial charge in [0.05, 0.1) is 11.8 Å². The second kappa shape index (κ2) is 12.7. The first-order chi connectivity index (χ1) is 14.7. The Labute approximate surface area is 181 Å². The van der Waals surface area contributed by atoms with Crippen LogP contribution in [-0.2, 0) is 17.3 Å². The van der Waals surface area contributed by atoms with E-state index in [1.807, 2.05) is 6.92 Å². The fourth-order valence-corrected chi connectivity index (χ4v) is 3.09. The predicted molar refractivity (Wildman–Crippen MR) is 113 cm³/mol. The van der Waals surface area contributed by atoms with Crippen LogP contribution in [0.15, 0.2) is 30.9 Å². The Balaban J connectivity index is 0.00000151. The van der Waals surface area contributed by atoms with Gasteiger partial charge in [-0.25, -0.2) is 4.68 Å². The average Bonchev–Trinajstić information content (AvgIpc) is 3.11. The van der Waals surface area contributed by atoms with Gasteiger partial charge in [-0.05, 0) is 32.3 Å². The molecule has 31 heavy (non-hydrogen) atoms. The monoisotopic (exact) mass is 438 g/mol. The number of hydrogen-bond acceptors (Lipinski definition) is 4. The lowest BCUT2D eigenvalue weighted by Gasteiger charge is -2.28. The van der Waals surface area contributed by atoms with Crippen molar-refractivity contribution in [1.82, 2.24) is 14.7 Å². The van der Waals surface area contributed by atoms with E-state index in [0.29, 0.717) is 19.4 Å². The summed E-state index contributed by atoms with van der Waals surface area (Å²) in [7, 11) is 3.25. The predicted octanol–water partition coefficient (Wildman–Crippen LogP) is 4.85. The number of nitriles is 1. The summed E-state index contributed by atoms with van der Waals surface area (Å²) in [6, 6.07) is 2.07. The molecule has 6 nitrogen and oxygen atoms in total. The third-order valence-electron chi connectivity index (χ3n) is 4.45. The number of amides is 1. The van der Waals surface area contributed by atoms with Crippen molar-refractivity contribution < 1.29 is 22.7 Å². The summed E-state index contributed by atoms with van der Waals surface area (Å²) in [5.74, 6) is -0.467. The van der Waals surface area contributed by atoms with E-state index in [1.165, 1.54) is 6.08 Å². The molecule has 0 aromatic carbocycles. The normalized spacial score (nSPS) is 13.8. The number of halogens is 3. The molecular formula is C22H29F3N4O2. The van der Waals surface area contributed by atoms with Crippen LogP contribution in [0.3, 0.4) is 0 Å². The Kier molecular flexibility index (Phi) is 10.8. The van der Waals surface area contributed by atoms with Crippen molar-refractivity contribution in [3.63, 3.8) is 0 Å². The van der Waals surface area contributed by atoms with Gasteiger partial charge in [0, 0.05) is 39.3 Å². The van der Waals surface area contributed by atoms with Crippen molar-refractivity contribution in [1.29, 1.82) is 5.26 Å². The average molecular weight is 438 g/mol. The third-order valence-corrected chi connectivity index (χ3v) is 4.45. The molecule has 0 radical (unpaired) electrons. The lowest BCUT2D eigenvalue weighted by atomic mass is 10.0. The molecule has 1 aliphatic rings. The highest BCUT2D eigenvalue weighted by molar-refractivity contribution is 5.96. The second-order valence-corrected chi connectivity index (χ2v) is 6.88. The molecule has 0 spiro atoms. The van der Waals surface area contributed by atoms with Gasteiger partial charge in [-0.3, -0.25) is 4.79 Å². The summed E-state index contributed by atoms with van der Waals surface area (Å²) < 4.78 is 45.5. The van der Waals surface area contributed by atoms with Gasteiger partial charge in [0.1, 0.15) is 5.69 Å². The fourth-order valence-electron chi connectivity index (χ4n) is 3.09. The molecule has 0 saturated carbocycles. The minimum atomic E-state index is -4.64. The highest BCUT2D eigenvalue weighted by Crippen LogP contribution is 2.36. The number of rotatable bonds is 8. The van der Waals surface area contributed by atoms with Crippen molar-refractivity contribution in [2.75, 3.05) is 27.3 Å². The summed E-state index contributed by atoms with van der Waals surface area (Å²) in [4.78, 5) is 14.4. The number of carbonyl (C=O) groups excluding carboxylic acids is 1. The number of hydrogen-bond donors (Lipinski definition) is 0. The maximum atomic E-state index is 13.4. The SMILES string of the molecule is C=C(/C=C\C=C/C)n1nc(C(F)(F)F)c2c1C(=O)N(CCCCCC#N)CC2.COC. The first-order valence-electron chi connectivity index (χ1n) is 9.96. The molecule has 0 unspecified atom stereocenters. The molecule has 1 aliphatic heterocycles. The molecule has 0 fully saturated rings. The summed E-state index contributed by atoms with van der Waals surface area (Å²) in [6.45, 7) is 6.24. The topological polar surface area (TPSA) is 71.2 Å². The molecule has 170 valence electrons. The van der Waals surface area contributed by atoms with Crippen LogP contribution in [0, 0.1) is 11.3 Å². The van der Waals surface area contributed by atoms with Gasteiger partial charge in [-0.1, -0.05) is 31.2 Å². The van der Waals surface area contributed by atoms with Crippen LogP contribution in [0.1, 0.15) is 54.4 Å². The zero-order valence-electron chi connectivity index (χ0n) is 18.2. The quantitative estimate of drug-likeness (QED) is 0.430. The lowest BCUT2D eigenvalue weighted by Crippen LogP contribution is -2.39. The number of fused-ring (bicyclic) bond motifs is 1. The molecule has 0 bridgehead atoms. The van der Waals surface area contributed by atoms with Crippen LogP contribution in [0.4, 0.5) is 13.2 Å². The Bertz CT molecular complexity index is 848. The van der Waals surface area contributed by atoms with Gasteiger partial charge in [-0.15, -0.1) is 0 Å². The van der Waals surface area contributed by atoms with Crippen molar-refractivity contribution in [2.24, 2.45) is 0 Å². The summed E-state index contributed by atoms with van der Waals surface area (Å²) in [5.41, 5.74) is -0.969. The molecule has 1 amide bonds. The number of ether oxygens (including phenoxy) is 1. The molecular weight excluding hydrogens is 409 g/mol. The van der Waals surface area contributed by atoms with Crippen molar-refractivity contribution in [2.45, 2.75) is 45.2 Å². The van der Waals surface area contributed by atoms with Crippen molar-refractivity contribution >= 4 is 11.6 Å². The van der Waals surface area contributed by atoms with Crippen molar-refractivity contribution in [3.05, 3.63) is 47.8 Å². The van der Waals surface area contributed by atoms with E-state index in [0.717, 1.165) is 17.5 Å². The van der Waals surface area contributed by atoms with Gasteiger partial charge in [0.25, 0.3) is 5.91 Å². The number of alkyl halides is 3. The van der Waals surface area contributed by atoms with Crippen LogP contribution in [0.2, 0.25) is 0 Å². The van der Waals surface area contributed by atoms with Crippen LogP contribution >= 0.6 is 0 Å². The lowest BCUT2D eigenvalue weighted by molar-refractivity contribution is -0.142. The maximum Gasteiger partial charge on any atom is 0.435 e. The van der Waals surface area contributed by atoms with E-state index in [1.54, 1.807) is 37.3 Å². The summed E-state index contributed by atoms with van der Waals surface area (Å²) >= 11 is 0. The molecule has 0 atom stereocenters. The summed E-state index contributed by atoms with van der Waals surface area (Å²) in [6.07, 6.45) is 4.77. The third kappa shape index (κ3) is 7.40. The number of unbranched alkanes of at least 4 members (excludes halogenated alkanes) is 3. The Hall–Kier alpha value is -2.86. The fraction of sp³-hybridized carbons (Fsp3) is 0.500. The smallest absolute Gasteiger partial charge is 0.388 e. The molecule has 1 aromatic rings. The number of allylic oxidation sites excluding steroid dienone is 5. The Morgan fingerprint density at radius 2 is 1.97 bits per heavy atom. The minimum absolute atomic E-state index is 0.0641. The Morgan fingerprint density at radius 1 is 1.29 bits per heavy atom. The highest BCUT2D eigenvalue weighted by Gasteiger charge is 2.42. The molecule has 0 N–H and O–H groups in total. The van der Waals surface area contributed by atoms with E-state index in [-0.39, 0.29) is 29.9 Å². The summed E-state index contributed by atoms with van der Waals surface area (Å²) in [5, 5.41) is 12.2. The van der Waals surface area contributed by atoms with Gasteiger partial charge in [-0.2, -0.15) is 23.5 Å². The largest absolute Gasteiger partial charge is 0.435 e. The number of methoxy groups -OCH3 is 1. The zero-order chi connectivity index (χ0) is 23.4. The minimum Gasteiger partial charge on any atom is -0.388 e. The number of aromatic nitrogens is 2. The maximum absolute atomic E-state index is 13.4. The molecule has 0 aliphatic carbocycles. The van der Waals surface area contributed by atoms with Gasteiger partial charge in [0.2, 0.25) is 0 Å². The van der Waals surface area contributed by atoms with Gasteiger partial charge >= 0.3 is 6.18 Å². The van der Waals surface area contributed by atoms with Gasteiger partial charge in [0.15, 0.2) is 5.69 Å². The van der Waals surface area contributed by atoms with Crippen LogP contribution in [0.5, 0.6) is 0 Å². The van der Waals surface area contributed by atoms with E-state index >= 15 is 0 Å². The van der Waals surface area contributed by atoms with Gasteiger partial charge < -0.3 is 9.64 Å². The first kappa shape index (κ1) is 26.2. The number of carbonyl (C=O) groups is 1. The van der Waals surface area contributed by atoms with E-state index < -0.39 is 17.8 Å². The molecule has 2 rings (SSSR count). The standard InChI is InChI=1S/C20H23F3N4O.C2H6O/c1-3-4-7-10-15(2)27-17-16(18(25-27)20(21,22)23)11-14-26(19(17)28)13-9-6-5-8-12-24;1-3-2/h3-4,7,10H,2,5-6,8-9,11,13-14H2,1H3;1-2H3/b4-3-,10-7-;. The molecule has 2 heterocycles. The Morgan fingerprint density at radius 3 is 2.55 bits per heavy atom. The molecule has 1 aromatic heterocycles. The van der Waals surface area contributed by atoms with E-state index in [4.69, 9.17) is 5.26 Å². The van der Waals surface area contributed by atoms with E-state index in [9.17, 15) is 18.0 Å². The highest BCUT2D eigenvalue weighted by atomic mass is 19.4. The van der Waals surface area contributed by atoms with E-state index in [2.05, 4.69) is 22.5 Å². The van der Waals surface area contributed by atoms with Crippen LogP contribution in [0.25, 0.3) is 5.70 Å². The second-order valence-electron chi connectivity index (χ2n) is 6.88. The number of nitrogens with zero attached hydrogens (tertiary/aromatic N) is 4. The van der Waals surface area contributed by atoms with Crippen LogP contribution in [-0.4, -0.2) is 47.9 Å². The molecule has 0 saturated heterocycles. The first-order valence-corrected chi connectivity index (χ1v) is 9.96. The van der Waals surface area contributed by atoms with Crippen molar-refractivity contribution in [3.8, 4) is 6.07 Å².